The molecule has 1 heterocycles. The normalized spacial score (nSPS) is 30.6. The molecular formula is C13H17N. The van der Waals surface area contributed by atoms with Gasteiger partial charge in [0.05, 0.1) is 0 Å². The highest BCUT2D eigenvalue weighted by Crippen LogP contribution is 2.39. The second kappa shape index (κ2) is 3.39. The second-order valence-corrected chi connectivity index (χ2v) is 4.60. The number of piperidine rings is 1. The maximum Gasteiger partial charge on any atom is -0.00145 e. The minimum atomic E-state index is 0.848. The summed E-state index contributed by atoms with van der Waals surface area (Å²) < 4.78 is 0. The van der Waals surface area contributed by atoms with Gasteiger partial charge in [0.25, 0.3) is 0 Å². The fraction of sp³-hybridized carbons (Fsp3) is 0.538. The average molecular weight is 187 g/mol. The van der Waals surface area contributed by atoms with Gasteiger partial charge in [-0.3, -0.25) is 0 Å². The molecule has 1 aromatic rings. The summed E-state index contributed by atoms with van der Waals surface area (Å²) in [5.74, 6) is 1.75. The molecule has 0 aromatic heterocycles. The van der Waals surface area contributed by atoms with Gasteiger partial charge in [-0.1, -0.05) is 24.3 Å². The molecule has 1 saturated heterocycles. The predicted molar refractivity (Wildman–Crippen MR) is 58.5 cm³/mol. The van der Waals surface area contributed by atoms with E-state index in [0.29, 0.717) is 0 Å². The Balaban J connectivity index is 1.99. The summed E-state index contributed by atoms with van der Waals surface area (Å²) in [4.78, 5) is 0. The monoisotopic (exact) mass is 187 g/mol. The first kappa shape index (κ1) is 8.49. The average Bonchev–Trinajstić information content (AvgIpc) is 2.29. The number of nitrogens with one attached hydrogen (secondary N) is 1. The van der Waals surface area contributed by atoms with Gasteiger partial charge in [0.2, 0.25) is 0 Å². The number of hydrogen-bond donors (Lipinski definition) is 1. The topological polar surface area (TPSA) is 12.0 Å². The van der Waals surface area contributed by atoms with Gasteiger partial charge in [0.15, 0.2) is 0 Å². The van der Waals surface area contributed by atoms with E-state index in [-0.39, 0.29) is 0 Å². The van der Waals surface area contributed by atoms with Crippen LogP contribution in [0, 0.1) is 5.92 Å². The van der Waals surface area contributed by atoms with Crippen LogP contribution in [0.1, 0.15) is 29.9 Å². The lowest BCUT2D eigenvalue weighted by Crippen LogP contribution is -2.37. The van der Waals surface area contributed by atoms with E-state index in [0.717, 1.165) is 11.8 Å². The maximum absolute atomic E-state index is 3.51. The fourth-order valence-electron chi connectivity index (χ4n) is 3.10. The molecule has 1 fully saturated rings. The van der Waals surface area contributed by atoms with Crippen LogP contribution in [0.15, 0.2) is 24.3 Å². The molecule has 0 unspecified atom stereocenters. The Morgan fingerprint density at radius 2 is 2.07 bits per heavy atom. The minimum absolute atomic E-state index is 0.848. The molecule has 2 aliphatic rings. The van der Waals surface area contributed by atoms with E-state index >= 15 is 0 Å². The molecule has 1 N–H and O–H groups in total. The number of fused-ring (bicyclic) bond motifs is 3. The van der Waals surface area contributed by atoms with Crippen molar-refractivity contribution in [3.05, 3.63) is 35.4 Å². The van der Waals surface area contributed by atoms with Gasteiger partial charge in [-0.05, 0) is 55.3 Å². The molecule has 0 saturated carbocycles. The third kappa shape index (κ3) is 1.27. The molecule has 1 aliphatic carbocycles. The van der Waals surface area contributed by atoms with Crippen LogP contribution in [0.5, 0.6) is 0 Å². The number of aryl methyl sites for hydroxylation is 1. The molecule has 0 bridgehead atoms. The van der Waals surface area contributed by atoms with Crippen LogP contribution in [-0.2, 0) is 6.42 Å². The van der Waals surface area contributed by atoms with Crippen LogP contribution in [0.25, 0.3) is 0 Å². The Morgan fingerprint density at radius 1 is 1.14 bits per heavy atom. The van der Waals surface area contributed by atoms with Crippen molar-refractivity contribution in [2.24, 2.45) is 5.92 Å². The first-order valence-electron chi connectivity index (χ1n) is 5.73. The van der Waals surface area contributed by atoms with Gasteiger partial charge in [-0.15, -0.1) is 0 Å². The number of rotatable bonds is 0. The summed E-state index contributed by atoms with van der Waals surface area (Å²) in [5.41, 5.74) is 3.25. The second-order valence-electron chi connectivity index (χ2n) is 4.60. The van der Waals surface area contributed by atoms with Crippen molar-refractivity contribution in [3.63, 3.8) is 0 Å². The zero-order valence-corrected chi connectivity index (χ0v) is 8.50. The van der Waals surface area contributed by atoms with Crippen LogP contribution in [0.3, 0.4) is 0 Å². The maximum atomic E-state index is 3.51. The molecule has 14 heavy (non-hydrogen) atoms. The van der Waals surface area contributed by atoms with Crippen molar-refractivity contribution in [1.29, 1.82) is 0 Å². The largest absolute Gasteiger partial charge is 0.316 e. The van der Waals surface area contributed by atoms with Crippen LogP contribution >= 0.6 is 0 Å². The van der Waals surface area contributed by atoms with Crippen molar-refractivity contribution < 1.29 is 0 Å². The summed E-state index contributed by atoms with van der Waals surface area (Å²) in [7, 11) is 0. The van der Waals surface area contributed by atoms with E-state index < -0.39 is 0 Å². The Bertz CT molecular complexity index is 332. The molecule has 1 nitrogen and oxygen atoms in total. The zero-order valence-electron chi connectivity index (χ0n) is 8.50. The van der Waals surface area contributed by atoms with E-state index in [1.165, 1.54) is 32.4 Å². The third-order valence-electron chi connectivity index (χ3n) is 3.85. The van der Waals surface area contributed by atoms with Crippen molar-refractivity contribution in [1.82, 2.24) is 5.32 Å². The van der Waals surface area contributed by atoms with Gasteiger partial charge < -0.3 is 5.32 Å². The number of hydrogen-bond acceptors (Lipinski definition) is 1. The van der Waals surface area contributed by atoms with Gasteiger partial charge >= 0.3 is 0 Å². The molecular weight excluding hydrogens is 170 g/mol. The quantitative estimate of drug-likeness (QED) is 0.657. The summed E-state index contributed by atoms with van der Waals surface area (Å²) >= 11 is 0. The predicted octanol–water partition coefficient (Wildman–Crippen LogP) is 2.33. The number of benzene rings is 1. The molecule has 1 aliphatic heterocycles. The summed E-state index contributed by atoms with van der Waals surface area (Å²) in [6, 6.07) is 9.04. The standard InChI is InChI=1S/C13H17N/c1-2-4-12-10(3-1)5-6-11-9-14-8-7-13(11)12/h1-4,11,13-14H,5-9H2/t11-,13-/m1/s1. The lowest BCUT2D eigenvalue weighted by molar-refractivity contribution is 0.293. The molecule has 74 valence electrons. The van der Waals surface area contributed by atoms with Gasteiger partial charge in [0, 0.05) is 0 Å². The van der Waals surface area contributed by atoms with Crippen LogP contribution in [0.4, 0.5) is 0 Å². The highest BCUT2D eigenvalue weighted by molar-refractivity contribution is 5.33. The van der Waals surface area contributed by atoms with Crippen LogP contribution in [0.2, 0.25) is 0 Å². The molecule has 2 atom stereocenters. The molecule has 3 rings (SSSR count). The summed E-state index contributed by atoms with van der Waals surface area (Å²) in [6.45, 7) is 2.44. The Kier molecular flexibility index (Phi) is 2.06. The first-order chi connectivity index (χ1) is 6.95. The Labute approximate surface area is 85.5 Å². The zero-order chi connectivity index (χ0) is 9.38. The van der Waals surface area contributed by atoms with E-state index in [2.05, 4.69) is 29.6 Å². The highest BCUT2D eigenvalue weighted by Gasteiger charge is 2.30. The third-order valence-corrected chi connectivity index (χ3v) is 3.85. The lowest BCUT2D eigenvalue weighted by atomic mass is 9.72. The van der Waals surface area contributed by atoms with Gasteiger partial charge in [0.1, 0.15) is 0 Å². The molecule has 0 amide bonds. The van der Waals surface area contributed by atoms with E-state index in [1.54, 1.807) is 11.1 Å². The Hall–Kier alpha value is -0.820. The van der Waals surface area contributed by atoms with E-state index in [1.807, 2.05) is 0 Å². The van der Waals surface area contributed by atoms with Crippen LogP contribution < -0.4 is 5.32 Å². The van der Waals surface area contributed by atoms with E-state index in [9.17, 15) is 0 Å². The van der Waals surface area contributed by atoms with Gasteiger partial charge in [-0.25, -0.2) is 0 Å². The van der Waals surface area contributed by atoms with Crippen molar-refractivity contribution in [2.45, 2.75) is 25.2 Å². The SMILES string of the molecule is c1ccc2c(c1)CC[C@@H]1CNCC[C@@H]21. The molecule has 1 aromatic carbocycles. The van der Waals surface area contributed by atoms with Crippen molar-refractivity contribution in [3.8, 4) is 0 Å². The van der Waals surface area contributed by atoms with Crippen molar-refractivity contribution in [2.75, 3.05) is 13.1 Å². The molecule has 0 spiro atoms. The summed E-state index contributed by atoms with van der Waals surface area (Å²) in [6.07, 6.45) is 4.01. The van der Waals surface area contributed by atoms with Gasteiger partial charge in [-0.2, -0.15) is 0 Å². The van der Waals surface area contributed by atoms with Crippen molar-refractivity contribution >= 4 is 0 Å². The molecule has 1 heteroatoms. The van der Waals surface area contributed by atoms with Crippen LogP contribution in [-0.4, -0.2) is 13.1 Å². The first-order valence-corrected chi connectivity index (χ1v) is 5.73. The smallest absolute Gasteiger partial charge is 0.00145 e. The Morgan fingerprint density at radius 3 is 3.07 bits per heavy atom. The van der Waals surface area contributed by atoms with E-state index in [4.69, 9.17) is 0 Å². The highest BCUT2D eigenvalue weighted by atomic mass is 14.9. The summed E-state index contributed by atoms with van der Waals surface area (Å²) in [5, 5.41) is 3.51. The minimum Gasteiger partial charge on any atom is -0.316 e. The fourth-order valence-corrected chi connectivity index (χ4v) is 3.10. The lowest BCUT2D eigenvalue weighted by Gasteiger charge is -2.37. The molecule has 0 radical (unpaired) electrons.